The Labute approximate surface area is 167 Å². The molecule has 28 heavy (non-hydrogen) atoms. The lowest BCUT2D eigenvalue weighted by atomic mass is 9.51. The van der Waals surface area contributed by atoms with Gasteiger partial charge in [-0.25, -0.2) is 0 Å². The molecule has 1 spiro atoms. The summed E-state index contributed by atoms with van der Waals surface area (Å²) in [6.45, 7) is 5.21. The van der Waals surface area contributed by atoms with Crippen molar-refractivity contribution < 1.29 is 38.7 Å². The van der Waals surface area contributed by atoms with E-state index >= 15 is 0 Å². The van der Waals surface area contributed by atoms with Crippen molar-refractivity contribution in [2.75, 3.05) is 19.1 Å². The first-order chi connectivity index (χ1) is 13.1. The number of esters is 2. The van der Waals surface area contributed by atoms with Crippen molar-refractivity contribution in [1.29, 1.82) is 0 Å². The Kier molecular flexibility index (Phi) is 4.60. The third kappa shape index (κ3) is 2.38. The number of halogens is 1. The number of carbonyl (C=O) groups is 2. The van der Waals surface area contributed by atoms with Crippen LogP contribution in [-0.2, 0) is 28.5 Å². The molecule has 9 heteroatoms. The smallest absolute Gasteiger partial charge is 0.321 e. The molecule has 1 saturated carbocycles. The third-order valence-corrected chi connectivity index (χ3v) is 7.47. The average Bonchev–Trinajstić information content (AvgIpc) is 3.42. The number of alkyl halides is 1. The fourth-order valence-corrected chi connectivity index (χ4v) is 5.66. The average molecular weight is 417 g/mol. The minimum atomic E-state index is -1.13. The van der Waals surface area contributed by atoms with Crippen LogP contribution in [0, 0.1) is 10.8 Å². The van der Waals surface area contributed by atoms with Crippen molar-refractivity contribution in [2.24, 2.45) is 10.8 Å². The van der Waals surface area contributed by atoms with Crippen LogP contribution in [0.4, 0.5) is 0 Å². The van der Waals surface area contributed by atoms with Gasteiger partial charge < -0.3 is 29.2 Å². The second-order valence-corrected chi connectivity index (χ2v) is 8.73. The number of aliphatic hydroxyl groups excluding tert-OH is 2. The maximum atomic E-state index is 12.0. The first-order valence-corrected chi connectivity index (χ1v) is 9.89. The Morgan fingerprint density at radius 1 is 1.39 bits per heavy atom. The highest BCUT2D eigenvalue weighted by Crippen LogP contribution is 2.72. The van der Waals surface area contributed by atoms with Gasteiger partial charge in [0.25, 0.3) is 0 Å². The highest BCUT2D eigenvalue weighted by Gasteiger charge is 2.86. The van der Waals surface area contributed by atoms with Gasteiger partial charge in [-0.3, -0.25) is 9.59 Å². The molecule has 2 heterocycles. The Morgan fingerprint density at radius 2 is 2.07 bits per heavy atom. The third-order valence-electron chi connectivity index (χ3n) is 7.25. The molecule has 4 rings (SSSR count). The van der Waals surface area contributed by atoms with E-state index in [4.69, 9.17) is 30.5 Å². The summed E-state index contributed by atoms with van der Waals surface area (Å²) < 4.78 is 23.1. The fraction of sp³-hybridized carbons (Fsp3) is 0.789. The minimum absolute atomic E-state index is 0.0657. The highest BCUT2D eigenvalue weighted by atomic mass is 35.5. The molecule has 0 aromatic carbocycles. The van der Waals surface area contributed by atoms with Crippen LogP contribution in [0.15, 0.2) is 11.6 Å². The van der Waals surface area contributed by atoms with E-state index in [2.05, 4.69) is 0 Å². The van der Waals surface area contributed by atoms with Gasteiger partial charge in [0.15, 0.2) is 0 Å². The van der Waals surface area contributed by atoms with Gasteiger partial charge in [0.2, 0.25) is 0 Å². The number of rotatable bonds is 4. The van der Waals surface area contributed by atoms with Gasteiger partial charge in [0.1, 0.15) is 36.4 Å². The van der Waals surface area contributed by atoms with Crippen LogP contribution < -0.4 is 0 Å². The van der Waals surface area contributed by atoms with Crippen LogP contribution in [0.1, 0.15) is 27.2 Å². The summed E-state index contributed by atoms with van der Waals surface area (Å²) in [5.41, 5.74) is -2.08. The SMILES string of the molecule is CC(=O)OC[C@]12C[C@@H](O)C(C)=C[C@H]1O[C@@H]1[C@H](O)[C@@H](OC(=O)CCl)[C@@]2(C)[C@]12CO2. The number of epoxide rings is 1. The van der Waals surface area contributed by atoms with E-state index in [1.54, 1.807) is 13.0 Å². The molecule has 8 nitrogen and oxygen atoms in total. The van der Waals surface area contributed by atoms with Gasteiger partial charge >= 0.3 is 11.9 Å². The maximum absolute atomic E-state index is 12.0. The molecule has 2 aliphatic heterocycles. The molecule has 0 unspecified atom stereocenters. The topological polar surface area (TPSA) is 115 Å². The van der Waals surface area contributed by atoms with Crippen molar-refractivity contribution in [2.45, 2.75) is 63.3 Å². The molecule has 8 atom stereocenters. The lowest BCUT2D eigenvalue weighted by Gasteiger charge is -2.58. The molecule has 0 amide bonds. The number of aliphatic hydroxyl groups is 2. The normalized spacial score (nSPS) is 48.6. The lowest BCUT2D eigenvalue weighted by molar-refractivity contribution is -0.239. The van der Waals surface area contributed by atoms with Crippen LogP contribution in [-0.4, -0.2) is 77.4 Å². The number of fused-ring (bicyclic) bond motifs is 2. The summed E-state index contributed by atoms with van der Waals surface area (Å²) >= 11 is 5.63. The molecule has 0 aromatic heterocycles. The van der Waals surface area contributed by atoms with E-state index in [0.29, 0.717) is 6.61 Å². The molecule has 2 saturated heterocycles. The molecule has 4 aliphatic rings. The number of carbonyl (C=O) groups excluding carboxylic acids is 2. The van der Waals surface area contributed by atoms with Gasteiger partial charge in [-0.15, -0.1) is 11.6 Å². The van der Waals surface area contributed by atoms with Gasteiger partial charge in [0.05, 0.1) is 24.2 Å². The standard InChI is InChI=1S/C19H25ClO8/c1-9-4-12-18(5-11(9)22,7-25-10(2)21)17(3)15(28-13(23)6-20)14(24)16(27-12)19(17)8-26-19/h4,11-12,14-16,22,24H,5-8H2,1-3H3/t11-,12-,14-,15-,16-,17-,18-,19+/m1/s1. The van der Waals surface area contributed by atoms with Gasteiger partial charge in [-0.1, -0.05) is 13.0 Å². The quantitative estimate of drug-likeness (QED) is 0.291. The zero-order valence-electron chi connectivity index (χ0n) is 16.0. The largest absolute Gasteiger partial charge is 0.465 e. The number of hydrogen-bond donors (Lipinski definition) is 2. The van der Waals surface area contributed by atoms with Crippen molar-refractivity contribution in [3.63, 3.8) is 0 Å². The highest BCUT2D eigenvalue weighted by molar-refractivity contribution is 6.26. The van der Waals surface area contributed by atoms with Crippen molar-refractivity contribution >= 4 is 23.5 Å². The second-order valence-electron chi connectivity index (χ2n) is 8.46. The molecular formula is C19H25ClO8. The monoisotopic (exact) mass is 416 g/mol. The summed E-state index contributed by atoms with van der Waals surface area (Å²) in [5.74, 6) is -1.50. The molecule has 2 N–H and O–H groups in total. The van der Waals surface area contributed by atoms with Crippen molar-refractivity contribution in [1.82, 2.24) is 0 Å². The summed E-state index contributed by atoms with van der Waals surface area (Å²) in [6, 6.07) is 0. The molecule has 0 aromatic rings. The van der Waals surface area contributed by atoms with Crippen molar-refractivity contribution in [3.05, 3.63) is 11.6 Å². The van der Waals surface area contributed by atoms with Crippen LogP contribution in [0.25, 0.3) is 0 Å². The van der Waals surface area contributed by atoms with Crippen molar-refractivity contribution in [3.8, 4) is 0 Å². The molecular weight excluding hydrogens is 392 g/mol. The number of ether oxygens (including phenoxy) is 4. The zero-order chi connectivity index (χ0) is 20.5. The molecule has 156 valence electrons. The van der Waals surface area contributed by atoms with Crippen LogP contribution in [0.5, 0.6) is 0 Å². The lowest BCUT2D eigenvalue weighted by Crippen LogP contribution is -2.68. The van der Waals surface area contributed by atoms with Crippen LogP contribution >= 0.6 is 11.6 Å². The maximum Gasteiger partial charge on any atom is 0.321 e. The van der Waals surface area contributed by atoms with E-state index < -0.39 is 58.9 Å². The fourth-order valence-electron chi connectivity index (χ4n) is 5.60. The second kappa shape index (κ2) is 6.40. The Morgan fingerprint density at radius 3 is 2.64 bits per heavy atom. The summed E-state index contributed by atoms with van der Waals surface area (Å²) in [4.78, 5) is 23.7. The summed E-state index contributed by atoms with van der Waals surface area (Å²) in [5, 5.41) is 21.7. The minimum Gasteiger partial charge on any atom is -0.465 e. The summed E-state index contributed by atoms with van der Waals surface area (Å²) in [7, 11) is 0. The van der Waals surface area contributed by atoms with E-state index in [0.717, 1.165) is 5.57 Å². The van der Waals surface area contributed by atoms with Gasteiger partial charge in [0, 0.05) is 12.3 Å². The summed E-state index contributed by atoms with van der Waals surface area (Å²) in [6.07, 6.45) is -2.15. The Bertz CT molecular complexity index is 733. The zero-order valence-corrected chi connectivity index (χ0v) is 16.8. The van der Waals surface area contributed by atoms with Gasteiger partial charge in [-0.05, 0) is 18.9 Å². The van der Waals surface area contributed by atoms with E-state index in [-0.39, 0.29) is 18.9 Å². The van der Waals surface area contributed by atoms with Crippen LogP contribution in [0.2, 0.25) is 0 Å². The Hall–Kier alpha value is -1.19. The van der Waals surface area contributed by atoms with E-state index in [1.807, 2.05) is 6.92 Å². The molecule has 2 aliphatic carbocycles. The van der Waals surface area contributed by atoms with Gasteiger partial charge in [-0.2, -0.15) is 0 Å². The first kappa shape index (κ1) is 20.1. The van der Waals surface area contributed by atoms with E-state index in [1.165, 1.54) is 6.92 Å². The van der Waals surface area contributed by atoms with Crippen LogP contribution in [0.3, 0.4) is 0 Å². The van der Waals surface area contributed by atoms with E-state index in [9.17, 15) is 19.8 Å². The predicted molar refractivity (Wildman–Crippen MR) is 95.5 cm³/mol. The first-order valence-electron chi connectivity index (χ1n) is 9.35. The predicted octanol–water partition coefficient (Wildman–Crippen LogP) is 0.315. The molecule has 2 bridgehead atoms. The number of hydrogen-bond acceptors (Lipinski definition) is 8. The Balaban J connectivity index is 1.86. The molecule has 0 radical (unpaired) electrons. The molecule has 3 fully saturated rings.